The standard InChI is InChI=1S/C12H13ClN2O2.C10H12N2O/c13-7-11(16)17-15-12(14)10-5-8-3-1-2-4-9(8)6-10;11-10(12-13)9-5-7-3-1-2-4-8(7)6-9/h1-4,10H,5-7H2,(H2,14,15);1-4,9,13H,5-6H2,(H2,11,12). The third-order valence-corrected chi connectivity index (χ3v) is 5.63. The number of oxime groups is 2. The van der Waals surface area contributed by atoms with Crippen LogP contribution in [0.15, 0.2) is 58.8 Å². The molecule has 0 fully saturated rings. The molecule has 8 heteroatoms. The Hall–Kier alpha value is -3.06. The van der Waals surface area contributed by atoms with Crippen LogP contribution in [0.1, 0.15) is 22.3 Å². The first-order valence-corrected chi connectivity index (χ1v) is 10.2. The van der Waals surface area contributed by atoms with Crippen LogP contribution in [0.5, 0.6) is 0 Å². The van der Waals surface area contributed by atoms with Gasteiger partial charge in [-0.1, -0.05) is 58.8 Å². The van der Waals surface area contributed by atoms with Gasteiger partial charge < -0.3 is 21.5 Å². The van der Waals surface area contributed by atoms with E-state index in [4.69, 9.17) is 28.3 Å². The third kappa shape index (κ3) is 5.30. The number of nitrogens with zero attached hydrogens (tertiary/aromatic N) is 2. The van der Waals surface area contributed by atoms with E-state index in [1.165, 1.54) is 22.3 Å². The number of halogens is 1. The van der Waals surface area contributed by atoms with Crippen molar-refractivity contribution >= 4 is 29.2 Å². The second-order valence-corrected chi connectivity index (χ2v) is 7.65. The molecule has 2 aliphatic carbocycles. The molecule has 5 N–H and O–H groups in total. The number of carbonyl (C=O) groups is 1. The smallest absolute Gasteiger partial charge is 0.349 e. The highest BCUT2D eigenvalue weighted by atomic mass is 35.5. The van der Waals surface area contributed by atoms with E-state index < -0.39 is 5.97 Å². The largest absolute Gasteiger partial charge is 0.409 e. The summed E-state index contributed by atoms with van der Waals surface area (Å²) >= 11 is 5.28. The van der Waals surface area contributed by atoms with E-state index in [1.54, 1.807) is 0 Å². The minimum absolute atomic E-state index is 0.107. The quantitative estimate of drug-likeness (QED) is 0.172. The lowest BCUT2D eigenvalue weighted by Gasteiger charge is -2.06. The maximum absolute atomic E-state index is 10.8. The Balaban J connectivity index is 0.000000177. The first-order chi connectivity index (χ1) is 14.5. The highest BCUT2D eigenvalue weighted by Gasteiger charge is 2.25. The average molecular weight is 429 g/mol. The fourth-order valence-electron chi connectivity index (χ4n) is 3.82. The molecule has 0 aliphatic heterocycles. The molecule has 0 saturated carbocycles. The Bertz CT molecular complexity index is 911. The number of benzene rings is 2. The molecule has 0 radical (unpaired) electrons. The average Bonchev–Trinajstić information content (AvgIpc) is 3.41. The van der Waals surface area contributed by atoms with Crippen molar-refractivity contribution in [3.8, 4) is 0 Å². The molecule has 0 aromatic heterocycles. The van der Waals surface area contributed by atoms with Crippen molar-refractivity contribution in [3.63, 3.8) is 0 Å². The van der Waals surface area contributed by atoms with Gasteiger partial charge in [0.05, 0.1) is 0 Å². The van der Waals surface area contributed by atoms with Crippen LogP contribution in [0.25, 0.3) is 0 Å². The maximum Gasteiger partial charge on any atom is 0.349 e. The lowest BCUT2D eigenvalue weighted by Crippen LogP contribution is -2.25. The summed E-state index contributed by atoms with van der Waals surface area (Å²) in [5.74, 6) is 0.167. The van der Waals surface area contributed by atoms with Crippen LogP contribution in [0.2, 0.25) is 0 Å². The molecule has 0 saturated heterocycles. The minimum Gasteiger partial charge on any atom is -0.409 e. The molecule has 2 aromatic rings. The van der Waals surface area contributed by atoms with Crippen LogP contribution in [0.4, 0.5) is 0 Å². The van der Waals surface area contributed by atoms with Gasteiger partial charge in [-0.25, -0.2) is 4.79 Å². The SMILES string of the molecule is N/C(=N\O)C1Cc2ccccc2C1.N/C(=N\OC(=O)CCl)C1Cc2ccccc2C1. The fraction of sp³-hybridized carbons (Fsp3) is 0.318. The minimum atomic E-state index is -0.592. The summed E-state index contributed by atoms with van der Waals surface area (Å²) in [6, 6.07) is 16.4. The zero-order valence-corrected chi connectivity index (χ0v) is 17.3. The number of nitrogens with two attached hydrogens (primary N) is 2. The summed E-state index contributed by atoms with van der Waals surface area (Å²) in [6.45, 7) is 0. The van der Waals surface area contributed by atoms with Gasteiger partial charge >= 0.3 is 5.97 Å². The topological polar surface area (TPSA) is 123 Å². The lowest BCUT2D eigenvalue weighted by molar-refractivity contribution is -0.140. The summed E-state index contributed by atoms with van der Waals surface area (Å²) in [5.41, 5.74) is 16.5. The molecule has 7 nitrogen and oxygen atoms in total. The van der Waals surface area contributed by atoms with E-state index in [1.807, 2.05) is 24.3 Å². The van der Waals surface area contributed by atoms with Crippen LogP contribution in [-0.4, -0.2) is 28.7 Å². The number of fused-ring (bicyclic) bond motifs is 2. The second kappa shape index (κ2) is 10.1. The molecule has 0 heterocycles. The van der Waals surface area contributed by atoms with Gasteiger partial charge in [-0.15, -0.1) is 11.6 Å². The van der Waals surface area contributed by atoms with Crippen molar-refractivity contribution in [2.75, 3.05) is 5.88 Å². The molecule has 0 spiro atoms. The van der Waals surface area contributed by atoms with Crippen molar-refractivity contribution in [2.24, 2.45) is 33.6 Å². The summed E-state index contributed by atoms with van der Waals surface area (Å²) in [6.07, 6.45) is 3.46. The summed E-state index contributed by atoms with van der Waals surface area (Å²) in [4.78, 5) is 15.4. The predicted octanol–water partition coefficient (Wildman–Crippen LogP) is 2.60. The molecular weight excluding hydrogens is 404 g/mol. The van der Waals surface area contributed by atoms with Gasteiger partial charge in [-0.2, -0.15) is 0 Å². The van der Waals surface area contributed by atoms with Crippen molar-refractivity contribution in [3.05, 3.63) is 70.8 Å². The zero-order valence-electron chi connectivity index (χ0n) is 16.5. The zero-order chi connectivity index (χ0) is 21.5. The molecule has 158 valence electrons. The van der Waals surface area contributed by atoms with Crippen molar-refractivity contribution in [1.82, 2.24) is 0 Å². The molecule has 0 bridgehead atoms. The molecule has 30 heavy (non-hydrogen) atoms. The van der Waals surface area contributed by atoms with Crippen molar-refractivity contribution < 1.29 is 14.8 Å². The molecule has 2 aliphatic rings. The Morgan fingerprint density at radius 2 is 1.30 bits per heavy atom. The Kier molecular flexibility index (Phi) is 7.30. The van der Waals surface area contributed by atoms with Gasteiger partial charge in [0.2, 0.25) is 0 Å². The van der Waals surface area contributed by atoms with Crippen molar-refractivity contribution in [1.29, 1.82) is 0 Å². The van der Waals surface area contributed by atoms with Gasteiger partial charge in [-0.05, 0) is 47.9 Å². The van der Waals surface area contributed by atoms with Gasteiger partial charge in [0.1, 0.15) is 17.6 Å². The van der Waals surface area contributed by atoms with Gasteiger partial charge in [0, 0.05) is 11.8 Å². The van der Waals surface area contributed by atoms with E-state index in [0.717, 1.165) is 25.7 Å². The third-order valence-electron chi connectivity index (χ3n) is 5.42. The van der Waals surface area contributed by atoms with E-state index in [-0.39, 0.29) is 17.7 Å². The molecule has 0 atom stereocenters. The predicted molar refractivity (Wildman–Crippen MR) is 117 cm³/mol. The summed E-state index contributed by atoms with van der Waals surface area (Å²) < 4.78 is 0. The lowest BCUT2D eigenvalue weighted by atomic mass is 10.1. The van der Waals surface area contributed by atoms with E-state index in [2.05, 4.69) is 39.4 Å². The van der Waals surface area contributed by atoms with Gasteiger partial charge in [0.25, 0.3) is 0 Å². The number of amidine groups is 2. The van der Waals surface area contributed by atoms with Crippen molar-refractivity contribution in [2.45, 2.75) is 25.7 Å². The number of carbonyl (C=O) groups excluding carboxylic acids is 1. The summed E-state index contributed by atoms with van der Waals surface area (Å²) in [7, 11) is 0. The monoisotopic (exact) mass is 428 g/mol. The normalized spacial score (nSPS) is 16.4. The fourth-order valence-corrected chi connectivity index (χ4v) is 3.87. The Morgan fingerprint density at radius 1 is 0.900 bits per heavy atom. The number of alkyl halides is 1. The Morgan fingerprint density at radius 3 is 1.67 bits per heavy atom. The first kappa shape index (κ1) is 21.6. The Labute approximate surface area is 180 Å². The van der Waals surface area contributed by atoms with Crippen LogP contribution in [0.3, 0.4) is 0 Å². The van der Waals surface area contributed by atoms with Crippen LogP contribution in [0, 0.1) is 11.8 Å². The molecule has 0 unspecified atom stereocenters. The number of hydrogen-bond donors (Lipinski definition) is 3. The van der Waals surface area contributed by atoms with Gasteiger partial charge in [-0.3, -0.25) is 0 Å². The van der Waals surface area contributed by atoms with Gasteiger partial charge in [0.15, 0.2) is 0 Å². The van der Waals surface area contributed by atoms with E-state index in [9.17, 15) is 4.79 Å². The second-order valence-electron chi connectivity index (χ2n) is 7.39. The van der Waals surface area contributed by atoms with E-state index in [0.29, 0.717) is 11.7 Å². The van der Waals surface area contributed by atoms with Crippen LogP contribution < -0.4 is 11.5 Å². The molecule has 0 amide bonds. The first-order valence-electron chi connectivity index (χ1n) is 9.72. The summed E-state index contributed by atoms with van der Waals surface area (Å²) in [5, 5.41) is 15.2. The number of rotatable bonds is 4. The van der Waals surface area contributed by atoms with Crippen LogP contribution in [-0.2, 0) is 35.3 Å². The molecule has 2 aromatic carbocycles. The highest BCUT2D eigenvalue weighted by Crippen LogP contribution is 2.27. The molecular formula is C22H25ClN4O3. The highest BCUT2D eigenvalue weighted by molar-refractivity contribution is 6.26. The van der Waals surface area contributed by atoms with E-state index >= 15 is 0 Å². The van der Waals surface area contributed by atoms with Crippen LogP contribution >= 0.6 is 11.6 Å². The number of hydrogen-bond acceptors (Lipinski definition) is 5. The molecule has 4 rings (SSSR count). The maximum atomic E-state index is 10.8.